The summed E-state index contributed by atoms with van der Waals surface area (Å²) in [4.78, 5) is 45.0. The number of methoxy groups -OCH3 is 1. The Kier molecular flexibility index (Phi) is 7.73. The quantitative estimate of drug-likeness (QED) is 0.191. The molecular weight excluding hydrogens is 492 g/mol. The molecule has 1 aliphatic heterocycles. The number of carbonyl (C=O) groups excluding carboxylic acids is 3. The van der Waals surface area contributed by atoms with Crippen molar-refractivity contribution >= 4 is 39.9 Å². The van der Waals surface area contributed by atoms with Gasteiger partial charge in [-0.25, -0.2) is 9.78 Å². The first-order chi connectivity index (χ1) is 17.8. The number of anilines is 1. The van der Waals surface area contributed by atoms with Gasteiger partial charge in [-0.2, -0.15) is 0 Å². The van der Waals surface area contributed by atoms with Crippen LogP contribution in [0.4, 0.5) is 5.13 Å². The third-order valence-corrected chi connectivity index (χ3v) is 7.39. The lowest BCUT2D eigenvalue weighted by Gasteiger charge is -2.28. The average molecular weight is 521 g/mol. The molecular formula is C28H28N2O6S. The van der Waals surface area contributed by atoms with Gasteiger partial charge in [0, 0.05) is 11.5 Å². The number of aryl methyl sites for hydroxylation is 1. The Labute approximate surface area is 219 Å². The highest BCUT2D eigenvalue weighted by molar-refractivity contribution is 7.17. The average Bonchev–Trinajstić information content (AvgIpc) is 3.43. The smallest absolute Gasteiger partial charge is 0.350 e. The molecule has 192 valence electrons. The van der Waals surface area contributed by atoms with E-state index in [1.54, 1.807) is 31.2 Å². The second-order valence-electron chi connectivity index (χ2n) is 8.69. The topological polar surface area (TPSA) is 106 Å². The molecule has 1 N–H and O–H groups in total. The van der Waals surface area contributed by atoms with Gasteiger partial charge >= 0.3 is 11.9 Å². The van der Waals surface area contributed by atoms with Gasteiger partial charge in [-0.1, -0.05) is 55.5 Å². The number of aliphatic hydroxyl groups is 1. The lowest BCUT2D eigenvalue weighted by Crippen LogP contribution is -2.37. The normalized spacial score (nSPS) is 17.6. The van der Waals surface area contributed by atoms with Crippen LogP contribution in [0.3, 0.4) is 0 Å². The van der Waals surface area contributed by atoms with Gasteiger partial charge in [0.05, 0.1) is 31.0 Å². The Morgan fingerprint density at radius 3 is 2.43 bits per heavy atom. The number of rotatable bonds is 8. The predicted octanol–water partition coefficient (Wildman–Crippen LogP) is 5.08. The van der Waals surface area contributed by atoms with E-state index in [0.29, 0.717) is 23.6 Å². The number of Topliss-reactive ketones (excluding diaryl/α,β-unsaturated/α-hetero) is 1. The molecule has 1 saturated heterocycles. The molecule has 0 saturated carbocycles. The van der Waals surface area contributed by atoms with E-state index >= 15 is 0 Å². The zero-order chi connectivity index (χ0) is 26.7. The van der Waals surface area contributed by atoms with E-state index in [1.165, 1.54) is 12.0 Å². The molecule has 0 aliphatic carbocycles. The maximum Gasteiger partial charge on any atom is 0.350 e. The second kappa shape index (κ2) is 11.0. The fourth-order valence-corrected chi connectivity index (χ4v) is 5.35. The minimum absolute atomic E-state index is 0.0175. The van der Waals surface area contributed by atoms with Crippen molar-refractivity contribution in [3.8, 4) is 5.75 Å². The molecule has 3 aromatic rings. The van der Waals surface area contributed by atoms with E-state index in [9.17, 15) is 19.5 Å². The highest BCUT2D eigenvalue weighted by atomic mass is 32.1. The van der Waals surface area contributed by atoms with Gasteiger partial charge in [-0.15, -0.1) is 0 Å². The number of nitrogens with zero attached hydrogens (tertiary/aromatic N) is 2. The Morgan fingerprint density at radius 2 is 1.81 bits per heavy atom. The lowest BCUT2D eigenvalue weighted by atomic mass is 9.87. The number of hydrogen-bond acceptors (Lipinski definition) is 8. The minimum atomic E-state index is -0.852. The number of carbonyl (C=O) groups is 3. The molecule has 9 heteroatoms. The fraction of sp³-hybridized carbons (Fsp3) is 0.286. The van der Waals surface area contributed by atoms with Crippen molar-refractivity contribution in [1.82, 2.24) is 4.98 Å². The first-order valence-corrected chi connectivity index (χ1v) is 12.7. The van der Waals surface area contributed by atoms with Crippen LogP contribution in [-0.2, 0) is 14.3 Å². The summed E-state index contributed by atoms with van der Waals surface area (Å²) in [5.41, 5.74) is 1.63. The van der Waals surface area contributed by atoms with Crippen LogP contribution in [0.15, 0.2) is 60.2 Å². The van der Waals surface area contributed by atoms with Crippen LogP contribution >= 0.6 is 11.3 Å². The monoisotopic (exact) mass is 520 g/mol. The highest BCUT2D eigenvalue weighted by Gasteiger charge is 2.50. The molecule has 0 spiro atoms. The molecule has 2 atom stereocenters. The van der Waals surface area contributed by atoms with Crippen LogP contribution in [0.2, 0.25) is 0 Å². The first-order valence-electron chi connectivity index (χ1n) is 11.9. The van der Waals surface area contributed by atoms with Crippen LogP contribution < -0.4 is 9.64 Å². The molecule has 8 nitrogen and oxygen atoms in total. The van der Waals surface area contributed by atoms with E-state index in [1.807, 2.05) is 44.2 Å². The molecule has 2 unspecified atom stereocenters. The SMILES string of the molecule is CCCOc1ccc(/C(O)=C2\C(=O)C(=O)N(c3nc(C)c(C(=O)OC)s3)C2C(C)c2ccccc2)cc1. The van der Waals surface area contributed by atoms with Crippen molar-refractivity contribution in [2.24, 2.45) is 0 Å². The van der Waals surface area contributed by atoms with Gasteiger partial charge < -0.3 is 14.6 Å². The molecule has 2 heterocycles. The van der Waals surface area contributed by atoms with Crippen molar-refractivity contribution in [2.75, 3.05) is 18.6 Å². The lowest BCUT2D eigenvalue weighted by molar-refractivity contribution is -0.132. The van der Waals surface area contributed by atoms with Gasteiger partial charge in [-0.05, 0) is 43.2 Å². The van der Waals surface area contributed by atoms with E-state index in [-0.39, 0.29) is 27.3 Å². The Balaban J connectivity index is 1.84. The fourth-order valence-electron chi connectivity index (χ4n) is 4.33. The molecule has 2 aromatic carbocycles. The maximum atomic E-state index is 13.4. The van der Waals surface area contributed by atoms with Crippen molar-refractivity contribution in [2.45, 2.75) is 39.2 Å². The minimum Gasteiger partial charge on any atom is -0.507 e. The van der Waals surface area contributed by atoms with Crippen molar-refractivity contribution in [3.05, 3.63) is 81.9 Å². The van der Waals surface area contributed by atoms with Crippen LogP contribution in [0.1, 0.15) is 52.7 Å². The van der Waals surface area contributed by atoms with Gasteiger partial charge in [0.2, 0.25) is 0 Å². The standard InChI is InChI=1S/C28H28N2O6S/c1-5-15-36-20-13-11-19(12-14-20)23(31)21-22(16(2)18-9-7-6-8-10-18)30(26(33)24(21)32)28-29-17(3)25(37-28)27(34)35-4/h6-14,16,22,31H,5,15H2,1-4H3/b23-21+. The second-order valence-corrected chi connectivity index (χ2v) is 9.66. The highest BCUT2D eigenvalue weighted by Crippen LogP contribution is 2.41. The third kappa shape index (κ3) is 4.99. The van der Waals surface area contributed by atoms with E-state index in [0.717, 1.165) is 23.3 Å². The van der Waals surface area contributed by atoms with Gasteiger partial charge in [0.25, 0.3) is 5.78 Å². The Morgan fingerprint density at radius 1 is 1.14 bits per heavy atom. The number of hydrogen-bond donors (Lipinski definition) is 1. The van der Waals surface area contributed by atoms with E-state index < -0.39 is 23.7 Å². The largest absolute Gasteiger partial charge is 0.507 e. The number of amides is 1. The number of aliphatic hydroxyl groups excluding tert-OH is 1. The molecule has 0 bridgehead atoms. The molecule has 1 fully saturated rings. The molecule has 1 aromatic heterocycles. The number of benzene rings is 2. The summed E-state index contributed by atoms with van der Waals surface area (Å²) in [5.74, 6) is -2.23. The molecule has 1 aliphatic rings. The molecule has 4 rings (SSSR count). The Bertz CT molecular complexity index is 1350. The van der Waals surface area contributed by atoms with Crippen LogP contribution in [-0.4, -0.2) is 47.5 Å². The van der Waals surface area contributed by atoms with Crippen LogP contribution in [0.25, 0.3) is 5.76 Å². The van der Waals surface area contributed by atoms with Crippen LogP contribution in [0.5, 0.6) is 5.75 Å². The van der Waals surface area contributed by atoms with Gasteiger partial charge in [0.1, 0.15) is 16.4 Å². The summed E-state index contributed by atoms with van der Waals surface area (Å²) in [7, 11) is 1.27. The van der Waals surface area contributed by atoms with E-state index in [4.69, 9.17) is 9.47 Å². The summed E-state index contributed by atoms with van der Waals surface area (Å²) >= 11 is 0.977. The summed E-state index contributed by atoms with van der Waals surface area (Å²) in [6.45, 7) is 6.09. The van der Waals surface area contributed by atoms with Crippen LogP contribution in [0, 0.1) is 6.92 Å². The molecule has 0 radical (unpaired) electrons. The predicted molar refractivity (Wildman–Crippen MR) is 141 cm³/mol. The number of aromatic nitrogens is 1. The third-order valence-electron chi connectivity index (χ3n) is 6.25. The Hall–Kier alpha value is -3.98. The van der Waals surface area contributed by atoms with E-state index in [2.05, 4.69) is 4.98 Å². The molecule has 37 heavy (non-hydrogen) atoms. The number of ketones is 1. The summed E-state index contributed by atoms with van der Waals surface area (Å²) < 4.78 is 10.5. The number of esters is 1. The van der Waals surface area contributed by atoms with Crippen molar-refractivity contribution < 1.29 is 29.0 Å². The summed E-state index contributed by atoms with van der Waals surface area (Å²) in [5, 5.41) is 11.5. The summed E-state index contributed by atoms with van der Waals surface area (Å²) in [6.07, 6.45) is 0.858. The van der Waals surface area contributed by atoms with Gasteiger partial charge in [0.15, 0.2) is 5.13 Å². The molecule has 1 amide bonds. The number of thiazole rings is 1. The zero-order valence-corrected chi connectivity index (χ0v) is 21.9. The first kappa shape index (κ1) is 26.1. The maximum absolute atomic E-state index is 13.4. The number of ether oxygens (including phenoxy) is 2. The zero-order valence-electron chi connectivity index (χ0n) is 21.1. The summed E-state index contributed by atoms with van der Waals surface area (Å²) in [6, 6.07) is 15.3. The van der Waals surface area contributed by atoms with Crippen molar-refractivity contribution in [1.29, 1.82) is 0 Å². The van der Waals surface area contributed by atoms with Gasteiger partial charge in [-0.3, -0.25) is 14.5 Å². The van der Waals surface area contributed by atoms with Crippen molar-refractivity contribution in [3.63, 3.8) is 0 Å².